The Labute approximate surface area is 114 Å². The molecule has 0 aliphatic rings. The van der Waals surface area contributed by atoms with E-state index in [0.29, 0.717) is 0 Å². The van der Waals surface area contributed by atoms with Gasteiger partial charge in [0.15, 0.2) is 0 Å². The van der Waals surface area contributed by atoms with Crippen LogP contribution >= 0.6 is 0 Å². The van der Waals surface area contributed by atoms with Gasteiger partial charge in [-0.25, -0.2) is 9.18 Å². The number of carbonyl (C=O) groups excluding carboxylic acids is 1. The topological polar surface area (TPSA) is 107 Å². The second-order valence-electron chi connectivity index (χ2n) is 4.33. The molecule has 0 radical (unpaired) electrons. The summed E-state index contributed by atoms with van der Waals surface area (Å²) in [5.74, 6) is -2.35. The number of carboxylic acid groups (broad SMARTS) is 1. The van der Waals surface area contributed by atoms with Crippen LogP contribution in [0.15, 0.2) is 18.2 Å². The fourth-order valence-corrected chi connectivity index (χ4v) is 1.66. The molecule has 1 amide bonds. The third-order valence-electron chi connectivity index (χ3n) is 2.74. The Morgan fingerprint density at radius 3 is 2.55 bits per heavy atom. The Hall–Kier alpha value is -1.99. The van der Waals surface area contributed by atoms with Gasteiger partial charge in [0.05, 0.1) is 11.7 Å². The summed E-state index contributed by atoms with van der Waals surface area (Å²) in [6, 6.07) is 2.96. The Balaban J connectivity index is 2.79. The molecule has 1 aromatic rings. The number of halogens is 1. The lowest BCUT2D eigenvalue weighted by molar-refractivity contribution is -0.119. The number of aromatic carboxylic acids is 1. The SMILES string of the molecule is CC(=O)NCCC(O)C(O)c1cc(C(=O)O)ccc1F. The van der Waals surface area contributed by atoms with Gasteiger partial charge >= 0.3 is 5.97 Å². The van der Waals surface area contributed by atoms with Crippen LogP contribution in [0.25, 0.3) is 0 Å². The van der Waals surface area contributed by atoms with E-state index in [2.05, 4.69) is 5.32 Å². The molecule has 0 heterocycles. The fourth-order valence-electron chi connectivity index (χ4n) is 1.66. The molecule has 0 aliphatic heterocycles. The number of amides is 1. The van der Waals surface area contributed by atoms with Crippen LogP contribution in [0.1, 0.15) is 35.4 Å². The highest BCUT2D eigenvalue weighted by Gasteiger charge is 2.22. The minimum absolute atomic E-state index is 0.0114. The summed E-state index contributed by atoms with van der Waals surface area (Å²) in [5, 5.41) is 30.8. The summed E-state index contributed by atoms with van der Waals surface area (Å²) in [7, 11) is 0. The first-order valence-corrected chi connectivity index (χ1v) is 5.96. The van der Waals surface area contributed by atoms with Crippen LogP contribution in [0.5, 0.6) is 0 Å². The predicted octanol–water partition coefficient (Wildman–Crippen LogP) is 0.444. The van der Waals surface area contributed by atoms with Crippen molar-refractivity contribution in [2.75, 3.05) is 6.54 Å². The smallest absolute Gasteiger partial charge is 0.335 e. The van der Waals surface area contributed by atoms with E-state index < -0.39 is 24.0 Å². The maximum atomic E-state index is 13.6. The Morgan fingerprint density at radius 2 is 2.00 bits per heavy atom. The molecule has 0 aliphatic carbocycles. The van der Waals surface area contributed by atoms with Gasteiger partial charge in [-0.2, -0.15) is 0 Å². The molecule has 2 atom stereocenters. The molecule has 4 N–H and O–H groups in total. The first-order chi connectivity index (χ1) is 9.32. The molecule has 110 valence electrons. The number of aliphatic hydroxyl groups excluding tert-OH is 2. The molecule has 0 saturated heterocycles. The maximum Gasteiger partial charge on any atom is 0.335 e. The highest BCUT2D eigenvalue weighted by molar-refractivity contribution is 5.87. The largest absolute Gasteiger partial charge is 0.478 e. The molecule has 0 saturated carbocycles. The zero-order valence-electron chi connectivity index (χ0n) is 10.8. The van der Waals surface area contributed by atoms with Gasteiger partial charge < -0.3 is 20.6 Å². The van der Waals surface area contributed by atoms with Crippen molar-refractivity contribution in [1.29, 1.82) is 0 Å². The number of nitrogens with one attached hydrogen (secondary N) is 1. The molecule has 2 unspecified atom stereocenters. The van der Waals surface area contributed by atoms with E-state index in [1.807, 2.05) is 0 Å². The lowest BCUT2D eigenvalue weighted by Gasteiger charge is -2.19. The minimum Gasteiger partial charge on any atom is -0.478 e. The van der Waals surface area contributed by atoms with Crippen LogP contribution in [-0.4, -0.2) is 39.8 Å². The molecular formula is C13H16FNO5. The van der Waals surface area contributed by atoms with Crippen molar-refractivity contribution in [3.63, 3.8) is 0 Å². The number of hydrogen-bond donors (Lipinski definition) is 4. The van der Waals surface area contributed by atoms with Crippen molar-refractivity contribution < 1.29 is 29.3 Å². The maximum absolute atomic E-state index is 13.6. The summed E-state index contributed by atoms with van der Waals surface area (Å²) in [6.45, 7) is 1.42. The lowest BCUT2D eigenvalue weighted by atomic mass is 9.99. The Bertz CT molecular complexity index is 506. The molecule has 0 fully saturated rings. The molecule has 1 rings (SSSR count). The van der Waals surface area contributed by atoms with Gasteiger partial charge in [-0.1, -0.05) is 0 Å². The molecule has 0 bridgehead atoms. The van der Waals surface area contributed by atoms with Crippen molar-refractivity contribution >= 4 is 11.9 Å². The van der Waals surface area contributed by atoms with E-state index in [1.165, 1.54) is 6.92 Å². The molecule has 7 heteroatoms. The Kier molecular flexibility index (Phi) is 5.60. The highest BCUT2D eigenvalue weighted by Crippen LogP contribution is 2.23. The Morgan fingerprint density at radius 1 is 1.35 bits per heavy atom. The molecule has 20 heavy (non-hydrogen) atoms. The minimum atomic E-state index is -1.57. The predicted molar refractivity (Wildman–Crippen MR) is 67.6 cm³/mol. The van der Waals surface area contributed by atoms with E-state index in [9.17, 15) is 24.2 Å². The van der Waals surface area contributed by atoms with E-state index in [4.69, 9.17) is 5.11 Å². The average Bonchev–Trinajstić information content (AvgIpc) is 2.37. The van der Waals surface area contributed by atoms with Crippen molar-refractivity contribution in [3.05, 3.63) is 35.1 Å². The van der Waals surface area contributed by atoms with Gasteiger partial charge in [-0.3, -0.25) is 4.79 Å². The van der Waals surface area contributed by atoms with E-state index >= 15 is 0 Å². The van der Waals surface area contributed by atoms with E-state index in [0.717, 1.165) is 18.2 Å². The van der Waals surface area contributed by atoms with Crippen LogP contribution in [0.2, 0.25) is 0 Å². The molecular weight excluding hydrogens is 269 g/mol. The van der Waals surface area contributed by atoms with Gasteiger partial charge in [-0.05, 0) is 24.6 Å². The molecule has 6 nitrogen and oxygen atoms in total. The standard InChI is InChI=1S/C13H16FNO5/c1-7(16)15-5-4-11(17)12(18)9-6-8(13(19)20)2-3-10(9)14/h2-3,6,11-12,17-18H,4-5H2,1H3,(H,15,16)(H,19,20). The van der Waals surface area contributed by atoms with Crippen LogP contribution < -0.4 is 5.32 Å². The second kappa shape index (κ2) is 6.97. The van der Waals surface area contributed by atoms with Gasteiger partial charge in [0.1, 0.15) is 11.9 Å². The second-order valence-corrected chi connectivity index (χ2v) is 4.33. The number of carbonyl (C=O) groups is 2. The van der Waals surface area contributed by atoms with Crippen molar-refractivity contribution in [2.24, 2.45) is 0 Å². The number of carboxylic acids is 1. The number of benzene rings is 1. The first-order valence-electron chi connectivity index (χ1n) is 5.96. The normalized spacial score (nSPS) is 13.6. The van der Waals surface area contributed by atoms with Crippen LogP contribution in [0, 0.1) is 5.82 Å². The third-order valence-corrected chi connectivity index (χ3v) is 2.74. The van der Waals surface area contributed by atoms with Crippen LogP contribution in [0.3, 0.4) is 0 Å². The van der Waals surface area contributed by atoms with Gasteiger partial charge in [0, 0.05) is 19.0 Å². The summed E-state index contributed by atoms with van der Waals surface area (Å²) >= 11 is 0. The quantitative estimate of drug-likeness (QED) is 0.607. The van der Waals surface area contributed by atoms with Gasteiger partial charge in [0.2, 0.25) is 5.91 Å². The zero-order chi connectivity index (χ0) is 15.3. The number of aliphatic hydroxyl groups is 2. The molecule has 1 aromatic carbocycles. The van der Waals surface area contributed by atoms with E-state index in [1.54, 1.807) is 0 Å². The first kappa shape index (κ1) is 16.1. The summed E-state index contributed by atoms with van der Waals surface area (Å²) in [6.07, 6.45) is -2.87. The number of hydrogen-bond acceptors (Lipinski definition) is 4. The zero-order valence-corrected chi connectivity index (χ0v) is 10.8. The summed E-state index contributed by atoms with van der Waals surface area (Å²) < 4.78 is 13.6. The monoisotopic (exact) mass is 285 g/mol. The average molecular weight is 285 g/mol. The summed E-state index contributed by atoms with van der Waals surface area (Å²) in [5.41, 5.74) is -0.477. The fraction of sp³-hybridized carbons (Fsp3) is 0.385. The van der Waals surface area contributed by atoms with Crippen LogP contribution in [-0.2, 0) is 4.79 Å². The van der Waals surface area contributed by atoms with Gasteiger partial charge in [0.25, 0.3) is 0 Å². The van der Waals surface area contributed by atoms with Crippen molar-refractivity contribution in [3.8, 4) is 0 Å². The van der Waals surface area contributed by atoms with Crippen molar-refractivity contribution in [1.82, 2.24) is 5.32 Å². The van der Waals surface area contributed by atoms with Gasteiger partial charge in [-0.15, -0.1) is 0 Å². The van der Waals surface area contributed by atoms with Crippen LogP contribution in [0.4, 0.5) is 4.39 Å². The number of rotatable bonds is 6. The third kappa shape index (κ3) is 4.29. The molecule has 0 spiro atoms. The lowest BCUT2D eigenvalue weighted by Crippen LogP contribution is -2.28. The summed E-state index contributed by atoms with van der Waals surface area (Å²) in [4.78, 5) is 21.4. The van der Waals surface area contributed by atoms with Crippen molar-refractivity contribution in [2.45, 2.75) is 25.6 Å². The highest BCUT2D eigenvalue weighted by atomic mass is 19.1. The molecule has 0 aromatic heterocycles. The van der Waals surface area contributed by atoms with E-state index in [-0.39, 0.29) is 30.0 Å².